The van der Waals surface area contributed by atoms with Gasteiger partial charge in [0.1, 0.15) is 11.9 Å². The number of hydrogen-bond acceptors (Lipinski definition) is 8. The fourth-order valence-electron chi connectivity index (χ4n) is 4.48. The van der Waals surface area contributed by atoms with Gasteiger partial charge in [-0.15, -0.1) is 5.53 Å². The molecule has 206 valence electrons. The maximum absolute atomic E-state index is 13.4. The molecule has 40 heavy (non-hydrogen) atoms. The first-order valence-electron chi connectivity index (χ1n) is 13.4. The molecule has 0 saturated heterocycles. The molecule has 9 nitrogen and oxygen atoms in total. The van der Waals surface area contributed by atoms with Gasteiger partial charge < -0.3 is 20.8 Å². The first kappa shape index (κ1) is 27.0. The van der Waals surface area contributed by atoms with Crippen LogP contribution in [0.25, 0.3) is 5.70 Å². The number of benzene rings is 2. The summed E-state index contributed by atoms with van der Waals surface area (Å²) < 4.78 is 5.50. The van der Waals surface area contributed by atoms with Crippen molar-refractivity contribution in [1.82, 2.24) is 15.9 Å². The molecule has 3 aromatic rings. The summed E-state index contributed by atoms with van der Waals surface area (Å²) in [4.78, 5) is 17.9. The zero-order valence-electron chi connectivity index (χ0n) is 23.6. The summed E-state index contributed by atoms with van der Waals surface area (Å²) in [5.41, 5.74) is 12.0. The second-order valence-electron chi connectivity index (χ2n) is 11.3. The van der Waals surface area contributed by atoms with Crippen LogP contribution in [0.3, 0.4) is 0 Å². The van der Waals surface area contributed by atoms with Crippen LogP contribution in [-0.4, -0.2) is 24.5 Å². The standard InChI is InChI=1S/C31H35N7O2/c1-19-6-9-21(30(39)35-25-14-24(31(2,3)4)12-23(15-32)29(25)40-5)13-27(19)38-18-26(36-37-38)22-10-11-28(34-17-22)33-16-20-7-8-20/h6,9-14,17-18,20,36-37H,7-8,16H2,1-5H3,(H,33,34)(H,35,39). The Bertz CT molecular complexity index is 1500. The molecule has 0 atom stereocenters. The van der Waals surface area contributed by atoms with Gasteiger partial charge in [0.25, 0.3) is 5.91 Å². The highest BCUT2D eigenvalue weighted by molar-refractivity contribution is 6.06. The second kappa shape index (κ2) is 10.9. The van der Waals surface area contributed by atoms with Gasteiger partial charge in [0.2, 0.25) is 0 Å². The first-order chi connectivity index (χ1) is 19.2. The number of rotatable bonds is 8. The zero-order valence-corrected chi connectivity index (χ0v) is 23.6. The number of nitrogens with zero attached hydrogens (tertiary/aromatic N) is 3. The van der Waals surface area contributed by atoms with E-state index in [1.807, 2.05) is 60.7 Å². The number of carbonyl (C=O) groups excluding carboxylic acids is 1. The minimum absolute atomic E-state index is 0.213. The van der Waals surface area contributed by atoms with Crippen LogP contribution < -0.4 is 31.3 Å². The third-order valence-electron chi connectivity index (χ3n) is 7.17. The Morgan fingerprint density at radius 2 is 2.00 bits per heavy atom. The van der Waals surface area contributed by atoms with Crippen molar-refractivity contribution in [3.8, 4) is 11.8 Å². The van der Waals surface area contributed by atoms with E-state index in [2.05, 4.69) is 53.4 Å². The normalized spacial score (nSPS) is 14.7. The molecule has 9 heteroatoms. The second-order valence-corrected chi connectivity index (χ2v) is 11.3. The molecule has 0 unspecified atom stereocenters. The van der Waals surface area contributed by atoms with Crippen molar-refractivity contribution in [1.29, 1.82) is 5.26 Å². The predicted octanol–water partition coefficient (Wildman–Crippen LogP) is 5.47. The highest BCUT2D eigenvalue weighted by atomic mass is 16.5. The van der Waals surface area contributed by atoms with Crippen LogP contribution in [0, 0.1) is 24.2 Å². The molecule has 1 saturated carbocycles. The quantitative estimate of drug-likeness (QED) is 0.299. The van der Waals surface area contributed by atoms with Crippen molar-refractivity contribution in [2.45, 2.75) is 46.0 Å². The van der Waals surface area contributed by atoms with E-state index in [4.69, 9.17) is 4.74 Å². The lowest BCUT2D eigenvalue weighted by Gasteiger charge is -2.22. The fraction of sp³-hybridized carbons (Fsp3) is 0.323. The Balaban J connectivity index is 1.35. The minimum atomic E-state index is -0.302. The summed E-state index contributed by atoms with van der Waals surface area (Å²) in [6.45, 7) is 9.14. The Morgan fingerprint density at radius 1 is 1.20 bits per heavy atom. The van der Waals surface area contributed by atoms with E-state index < -0.39 is 0 Å². The molecule has 1 aromatic heterocycles. The van der Waals surface area contributed by atoms with E-state index in [0.29, 0.717) is 22.6 Å². The predicted molar refractivity (Wildman–Crippen MR) is 158 cm³/mol. The van der Waals surface area contributed by atoms with Gasteiger partial charge in [0, 0.05) is 30.1 Å². The lowest BCUT2D eigenvalue weighted by Crippen LogP contribution is -2.36. The summed E-state index contributed by atoms with van der Waals surface area (Å²) in [6, 6.07) is 15.4. The van der Waals surface area contributed by atoms with Crippen molar-refractivity contribution in [2.75, 3.05) is 29.3 Å². The summed E-state index contributed by atoms with van der Waals surface area (Å²) in [6.07, 6.45) is 6.37. The number of nitriles is 1. The zero-order chi connectivity index (χ0) is 28.4. The third kappa shape index (κ3) is 5.87. The topological polar surface area (TPSA) is 114 Å². The molecule has 0 radical (unpaired) electrons. The Hall–Kier alpha value is -4.55. The van der Waals surface area contributed by atoms with Crippen molar-refractivity contribution in [3.05, 3.63) is 82.7 Å². The number of ether oxygens (including phenoxy) is 1. The summed E-state index contributed by atoms with van der Waals surface area (Å²) in [5, 5.41) is 17.9. The van der Waals surface area contributed by atoms with Crippen molar-refractivity contribution >= 4 is 28.8 Å². The van der Waals surface area contributed by atoms with Crippen molar-refractivity contribution < 1.29 is 9.53 Å². The number of nitrogens with one attached hydrogen (secondary N) is 4. The number of carbonyl (C=O) groups is 1. The van der Waals surface area contributed by atoms with E-state index in [9.17, 15) is 10.1 Å². The average Bonchev–Trinajstić information content (AvgIpc) is 3.65. The SMILES string of the molecule is COc1c(C#N)cc(C(C)(C)C)cc1NC(=O)c1ccc(C)c(N2C=C(c3ccc(NCC4CC4)nc3)NN2)c1. The Labute approximate surface area is 235 Å². The van der Waals surface area contributed by atoms with Gasteiger partial charge in [-0.05, 0) is 78.6 Å². The van der Waals surface area contributed by atoms with Gasteiger partial charge in [-0.1, -0.05) is 26.8 Å². The monoisotopic (exact) mass is 537 g/mol. The molecule has 1 amide bonds. The molecule has 0 bridgehead atoms. The summed E-state index contributed by atoms with van der Waals surface area (Å²) in [7, 11) is 1.50. The number of hydrazine groups is 2. The van der Waals surface area contributed by atoms with Crippen LogP contribution in [0.1, 0.15) is 66.2 Å². The molecule has 2 heterocycles. The maximum atomic E-state index is 13.4. The van der Waals surface area contributed by atoms with Crippen LogP contribution in [-0.2, 0) is 5.41 Å². The van der Waals surface area contributed by atoms with E-state index in [1.54, 1.807) is 6.07 Å². The number of methoxy groups -OCH3 is 1. The summed E-state index contributed by atoms with van der Waals surface area (Å²) in [5.74, 6) is 1.70. The van der Waals surface area contributed by atoms with E-state index >= 15 is 0 Å². The van der Waals surface area contributed by atoms with Crippen molar-refractivity contribution in [3.63, 3.8) is 0 Å². The molecule has 2 aliphatic rings. The van der Waals surface area contributed by atoms with Gasteiger partial charge in [-0.25, -0.2) is 4.98 Å². The number of amides is 1. The number of aryl methyl sites for hydroxylation is 1. The highest BCUT2D eigenvalue weighted by Gasteiger charge is 2.23. The molecule has 1 aliphatic heterocycles. The largest absolute Gasteiger partial charge is 0.493 e. The van der Waals surface area contributed by atoms with Crippen molar-refractivity contribution in [2.24, 2.45) is 5.92 Å². The average molecular weight is 538 g/mol. The highest BCUT2D eigenvalue weighted by Crippen LogP contribution is 2.35. The van der Waals surface area contributed by atoms with Gasteiger partial charge in [-0.2, -0.15) is 5.26 Å². The molecule has 5 rings (SSSR count). The Kier molecular flexibility index (Phi) is 7.37. The maximum Gasteiger partial charge on any atom is 0.255 e. The fourth-order valence-corrected chi connectivity index (χ4v) is 4.48. The van der Waals surface area contributed by atoms with E-state index in [1.165, 1.54) is 20.0 Å². The van der Waals surface area contributed by atoms with E-state index in [0.717, 1.165) is 46.4 Å². The van der Waals surface area contributed by atoms with Crippen LogP contribution in [0.4, 0.5) is 17.2 Å². The Morgan fingerprint density at radius 3 is 2.65 bits per heavy atom. The molecular weight excluding hydrogens is 502 g/mol. The molecular formula is C31H35N7O2. The molecule has 0 spiro atoms. The molecule has 4 N–H and O–H groups in total. The smallest absolute Gasteiger partial charge is 0.255 e. The molecule has 1 aliphatic carbocycles. The number of hydrogen-bond donors (Lipinski definition) is 4. The van der Waals surface area contributed by atoms with Gasteiger partial charge in [-0.3, -0.25) is 9.80 Å². The van der Waals surface area contributed by atoms with E-state index in [-0.39, 0.29) is 11.3 Å². The lowest BCUT2D eigenvalue weighted by atomic mass is 9.85. The molecule has 1 fully saturated rings. The van der Waals surface area contributed by atoms with Gasteiger partial charge >= 0.3 is 0 Å². The minimum Gasteiger partial charge on any atom is -0.493 e. The van der Waals surface area contributed by atoms with Gasteiger partial charge in [0.05, 0.1) is 29.7 Å². The van der Waals surface area contributed by atoms with Crippen LogP contribution in [0.5, 0.6) is 5.75 Å². The number of aromatic nitrogens is 1. The third-order valence-corrected chi connectivity index (χ3v) is 7.17. The van der Waals surface area contributed by atoms with Gasteiger partial charge in [0.15, 0.2) is 5.75 Å². The number of anilines is 3. The van der Waals surface area contributed by atoms with Crippen LogP contribution in [0.2, 0.25) is 0 Å². The first-order valence-corrected chi connectivity index (χ1v) is 13.4. The molecule has 2 aromatic carbocycles. The van der Waals surface area contributed by atoms with Crippen LogP contribution >= 0.6 is 0 Å². The lowest BCUT2D eigenvalue weighted by molar-refractivity contribution is 0.102. The van der Waals surface area contributed by atoms with Crippen LogP contribution in [0.15, 0.2) is 54.9 Å². The number of pyridine rings is 1. The summed E-state index contributed by atoms with van der Waals surface area (Å²) >= 11 is 0.